The van der Waals surface area contributed by atoms with Crippen molar-refractivity contribution < 1.29 is 9.35 Å². The van der Waals surface area contributed by atoms with Crippen molar-refractivity contribution >= 4 is 28.1 Å². The molecule has 0 aromatic heterocycles. The quantitative estimate of drug-likeness (QED) is 0.510. The van der Waals surface area contributed by atoms with Crippen LogP contribution in [0.5, 0.6) is 0 Å². The highest BCUT2D eigenvalue weighted by atomic mass is 32.2. The summed E-state index contributed by atoms with van der Waals surface area (Å²) in [6, 6.07) is 29.9. The van der Waals surface area contributed by atoms with Crippen molar-refractivity contribution in [3.63, 3.8) is 0 Å². The fourth-order valence-electron chi connectivity index (χ4n) is 5.54. The van der Waals surface area contributed by atoms with Crippen LogP contribution in [0.2, 0.25) is 0 Å². The average Bonchev–Trinajstić information content (AvgIpc) is 3.11. The number of Topliss-reactive ketones (excluding diaryl/α,β-unsaturated/α-hetero) is 1. The highest BCUT2D eigenvalue weighted by Gasteiger charge is 2.71. The third kappa shape index (κ3) is 2.59. The van der Waals surface area contributed by atoms with Gasteiger partial charge in [-0.15, -0.1) is 0 Å². The molecule has 30 heavy (non-hydrogen) atoms. The van der Waals surface area contributed by atoms with Gasteiger partial charge in [0.25, 0.3) is 0 Å². The molecule has 1 fully saturated rings. The minimum atomic E-state index is -1.27. The maximum atomic E-state index is 13.9. The Bertz CT molecular complexity index is 1120. The summed E-state index contributed by atoms with van der Waals surface area (Å²) >= 11 is -1.27. The lowest BCUT2D eigenvalue weighted by molar-refractivity contribution is -0.126. The summed E-state index contributed by atoms with van der Waals surface area (Å²) in [5.41, 5.74) is 2.84. The molecule has 2 unspecified atom stereocenters. The van der Waals surface area contributed by atoms with Crippen LogP contribution in [-0.2, 0) is 16.0 Å². The average molecular weight is 413 g/mol. The Morgan fingerprint density at radius 2 is 1.23 bits per heavy atom. The number of rotatable bonds is 4. The van der Waals surface area contributed by atoms with Gasteiger partial charge in [-0.3, -0.25) is 4.79 Å². The van der Waals surface area contributed by atoms with Crippen LogP contribution in [0.15, 0.2) is 95.9 Å². The molecular formula is C27H24O2S. The predicted molar refractivity (Wildman–Crippen MR) is 122 cm³/mol. The number of fused-ring (bicyclic) bond motifs is 2. The summed E-state index contributed by atoms with van der Waals surface area (Å²) in [5, 5.41) is -0.250. The first-order valence-corrected chi connectivity index (χ1v) is 11.6. The molecule has 0 spiro atoms. The first-order valence-electron chi connectivity index (χ1n) is 10.3. The van der Waals surface area contributed by atoms with E-state index < -0.39 is 22.0 Å². The second kappa shape index (κ2) is 6.97. The van der Waals surface area contributed by atoms with Gasteiger partial charge < -0.3 is 4.55 Å². The van der Waals surface area contributed by atoms with Gasteiger partial charge in [-0.2, -0.15) is 0 Å². The molecule has 3 aromatic rings. The first-order chi connectivity index (χ1) is 14.5. The normalized spacial score (nSPS) is 28.8. The van der Waals surface area contributed by atoms with Crippen LogP contribution in [-0.4, -0.2) is 15.6 Å². The number of carbonyl (C=O) groups excluding carboxylic acids is 1. The Morgan fingerprint density at radius 3 is 1.77 bits per heavy atom. The van der Waals surface area contributed by atoms with Gasteiger partial charge in [0.15, 0.2) is 10.7 Å². The zero-order valence-electron chi connectivity index (χ0n) is 17.2. The van der Waals surface area contributed by atoms with E-state index in [0.717, 1.165) is 27.2 Å². The second-order valence-electron chi connectivity index (χ2n) is 8.65. The van der Waals surface area contributed by atoms with Crippen molar-refractivity contribution in [1.82, 2.24) is 0 Å². The minimum Gasteiger partial charge on any atom is -0.611 e. The summed E-state index contributed by atoms with van der Waals surface area (Å²) in [6.07, 6.45) is 0.602. The SMILES string of the molecule is CC12C[C@H]([S+]([O-])c3ccccc3)[C@@](C)(C1=O)C(c1ccccc1)=C2c1ccccc1. The Hall–Kier alpha value is -2.62. The molecule has 2 nitrogen and oxygen atoms in total. The molecule has 2 aliphatic rings. The number of carbonyl (C=O) groups is 1. The van der Waals surface area contributed by atoms with Gasteiger partial charge in [0.2, 0.25) is 0 Å². The molecule has 150 valence electrons. The van der Waals surface area contributed by atoms with E-state index in [2.05, 4.69) is 24.3 Å². The molecule has 2 bridgehead atoms. The smallest absolute Gasteiger partial charge is 0.158 e. The number of benzene rings is 3. The first kappa shape index (κ1) is 19.3. The molecule has 0 aliphatic heterocycles. The van der Waals surface area contributed by atoms with Gasteiger partial charge in [-0.1, -0.05) is 78.9 Å². The lowest BCUT2D eigenvalue weighted by Gasteiger charge is -2.36. The van der Waals surface area contributed by atoms with Crippen LogP contribution < -0.4 is 0 Å². The summed E-state index contributed by atoms with van der Waals surface area (Å²) in [4.78, 5) is 14.7. The minimum absolute atomic E-state index is 0.196. The third-order valence-corrected chi connectivity index (χ3v) is 8.78. The molecule has 0 N–H and O–H groups in total. The lowest BCUT2D eigenvalue weighted by Crippen LogP contribution is -2.39. The molecule has 0 amide bonds. The molecule has 2 aliphatic carbocycles. The van der Waals surface area contributed by atoms with Crippen molar-refractivity contribution in [2.24, 2.45) is 10.8 Å². The van der Waals surface area contributed by atoms with E-state index in [0.29, 0.717) is 6.42 Å². The fourth-order valence-corrected chi connectivity index (χ4v) is 7.43. The summed E-state index contributed by atoms with van der Waals surface area (Å²) in [6.45, 7) is 4.07. The number of hydrogen-bond acceptors (Lipinski definition) is 2. The Morgan fingerprint density at radius 1 is 0.767 bits per heavy atom. The number of ketones is 1. The van der Waals surface area contributed by atoms with Crippen molar-refractivity contribution in [1.29, 1.82) is 0 Å². The van der Waals surface area contributed by atoms with Gasteiger partial charge in [0.05, 0.1) is 5.41 Å². The van der Waals surface area contributed by atoms with Crippen molar-refractivity contribution in [3.8, 4) is 0 Å². The van der Waals surface area contributed by atoms with Gasteiger partial charge in [-0.25, -0.2) is 0 Å². The lowest BCUT2D eigenvalue weighted by atomic mass is 9.73. The maximum absolute atomic E-state index is 13.9. The van der Waals surface area contributed by atoms with E-state index in [9.17, 15) is 9.35 Å². The molecular weight excluding hydrogens is 388 g/mol. The fraction of sp³-hybridized carbons (Fsp3) is 0.222. The number of hydrogen-bond donors (Lipinski definition) is 0. The molecule has 0 radical (unpaired) electrons. The largest absolute Gasteiger partial charge is 0.611 e. The van der Waals surface area contributed by atoms with Crippen LogP contribution in [0.4, 0.5) is 0 Å². The van der Waals surface area contributed by atoms with E-state index in [-0.39, 0.29) is 11.0 Å². The molecule has 5 rings (SSSR count). The third-order valence-electron chi connectivity index (χ3n) is 6.89. The molecule has 4 atom stereocenters. The zero-order valence-corrected chi connectivity index (χ0v) is 18.0. The van der Waals surface area contributed by atoms with Crippen LogP contribution in [0.3, 0.4) is 0 Å². The van der Waals surface area contributed by atoms with E-state index in [1.54, 1.807) is 0 Å². The van der Waals surface area contributed by atoms with Gasteiger partial charge in [0, 0.05) is 6.42 Å². The van der Waals surface area contributed by atoms with E-state index in [4.69, 9.17) is 0 Å². The van der Waals surface area contributed by atoms with Crippen LogP contribution >= 0.6 is 0 Å². The maximum Gasteiger partial charge on any atom is 0.158 e. The van der Waals surface area contributed by atoms with Gasteiger partial charge >= 0.3 is 0 Å². The highest BCUT2D eigenvalue weighted by molar-refractivity contribution is 7.92. The Kier molecular flexibility index (Phi) is 4.49. The van der Waals surface area contributed by atoms with Crippen LogP contribution in [0.1, 0.15) is 31.4 Å². The number of allylic oxidation sites excluding steroid dienone is 2. The second-order valence-corrected chi connectivity index (χ2v) is 10.3. The van der Waals surface area contributed by atoms with Crippen LogP contribution in [0.25, 0.3) is 11.1 Å². The molecule has 0 saturated heterocycles. The monoisotopic (exact) mass is 412 g/mol. The van der Waals surface area contributed by atoms with E-state index in [1.165, 1.54) is 0 Å². The molecule has 3 heteroatoms. The van der Waals surface area contributed by atoms with Gasteiger partial charge in [0.1, 0.15) is 10.7 Å². The molecule has 1 saturated carbocycles. The van der Waals surface area contributed by atoms with Crippen molar-refractivity contribution in [2.75, 3.05) is 0 Å². The topological polar surface area (TPSA) is 40.1 Å². The van der Waals surface area contributed by atoms with E-state index in [1.807, 2.05) is 80.6 Å². The van der Waals surface area contributed by atoms with Crippen LogP contribution in [0, 0.1) is 10.8 Å². The standard InChI is InChI=1S/C27H24O2S/c1-26-18-22(30(29)21-16-10-5-11-17-21)27(2,25(26)28)24(20-14-8-4-9-15-20)23(26)19-12-6-3-7-13-19/h3-17,22H,18H2,1-2H3/t22-,26?,27+,30?/m0/s1. The van der Waals surface area contributed by atoms with E-state index >= 15 is 0 Å². The van der Waals surface area contributed by atoms with Crippen molar-refractivity contribution in [3.05, 3.63) is 102 Å². The predicted octanol–water partition coefficient (Wildman–Crippen LogP) is 5.77. The summed E-state index contributed by atoms with van der Waals surface area (Å²) in [7, 11) is 0. The van der Waals surface area contributed by atoms with Crippen molar-refractivity contribution in [2.45, 2.75) is 30.4 Å². The zero-order chi connectivity index (χ0) is 20.9. The summed E-state index contributed by atoms with van der Waals surface area (Å²) < 4.78 is 13.7. The molecule has 3 aromatic carbocycles. The Balaban J connectivity index is 1.75. The van der Waals surface area contributed by atoms with Gasteiger partial charge in [-0.05, 0) is 59.4 Å². The Labute approximate surface area is 180 Å². The highest BCUT2D eigenvalue weighted by Crippen LogP contribution is 2.68. The summed E-state index contributed by atoms with van der Waals surface area (Å²) in [5.74, 6) is 0.196. The molecule has 0 heterocycles.